The Labute approximate surface area is 215 Å². The second kappa shape index (κ2) is 11.0. The summed E-state index contributed by atoms with van der Waals surface area (Å²) >= 11 is 0. The van der Waals surface area contributed by atoms with Crippen molar-refractivity contribution in [2.45, 2.75) is 20.5 Å². The van der Waals surface area contributed by atoms with Crippen molar-refractivity contribution in [1.29, 1.82) is 0 Å². The smallest absolute Gasteiger partial charge is 0.357 e. The van der Waals surface area contributed by atoms with Gasteiger partial charge in [0.2, 0.25) is 0 Å². The molecule has 3 aromatic carbocycles. The quantitative estimate of drug-likeness (QED) is 0.303. The molecule has 4 aromatic rings. The highest BCUT2D eigenvalue weighted by atomic mass is 16.5. The Balaban J connectivity index is 1.85. The predicted molar refractivity (Wildman–Crippen MR) is 138 cm³/mol. The van der Waals surface area contributed by atoms with Gasteiger partial charge in [-0.15, -0.1) is 0 Å². The van der Waals surface area contributed by atoms with Gasteiger partial charge in [-0.05, 0) is 61.4 Å². The predicted octanol–water partition coefficient (Wildman–Crippen LogP) is 5.32. The first-order valence-corrected chi connectivity index (χ1v) is 11.6. The van der Waals surface area contributed by atoms with Gasteiger partial charge in [0.15, 0.2) is 5.69 Å². The van der Waals surface area contributed by atoms with E-state index in [-0.39, 0.29) is 23.6 Å². The summed E-state index contributed by atoms with van der Waals surface area (Å²) in [6, 6.07) is 20.4. The Kier molecular flexibility index (Phi) is 7.57. The summed E-state index contributed by atoms with van der Waals surface area (Å²) in [7, 11) is 4.09. The van der Waals surface area contributed by atoms with Crippen LogP contribution in [0.2, 0.25) is 0 Å². The highest BCUT2D eigenvalue weighted by Gasteiger charge is 2.31. The average Bonchev–Trinajstić information content (AvgIpc) is 3.33. The summed E-state index contributed by atoms with van der Waals surface area (Å²) < 4.78 is 23.1. The van der Waals surface area contributed by atoms with E-state index in [9.17, 15) is 9.59 Å². The van der Waals surface area contributed by atoms with Gasteiger partial charge in [-0.1, -0.05) is 30.3 Å². The van der Waals surface area contributed by atoms with E-state index >= 15 is 0 Å². The van der Waals surface area contributed by atoms with Crippen LogP contribution in [-0.2, 0) is 16.1 Å². The van der Waals surface area contributed by atoms with Gasteiger partial charge in [0.25, 0.3) is 0 Å². The Morgan fingerprint density at radius 1 is 0.838 bits per heavy atom. The number of aromatic nitrogens is 2. The van der Waals surface area contributed by atoms with E-state index in [1.165, 1.54) is 18.9 Å². The third-order valence-electron chi connectivity index (χ3n) is 5.94. The molecule has 8 nitrogen and oxygen atoms in total. The van der Waals surface area contributed by atoms with Crippen LogP contribution < -0.4 is 9.47 Å². The van der Waals surface area contributed by atoms with Gasteiger partial charge in [0.1, 0.15) is 29.4 Å². The molecule has 37 heavy (non-hydrogen) atoms. The van der Waals surface area contributed by atoms with Crippen LogP contribution in [0.15, 0.2) is 66.7 Å². The number of benzene rings is 3. The molecule has 0 bridgehead atoms. The normalized spacial score (nSPS) is 10.6. The Morgan fingerprint density at radius 2 is 1.57 bits per heavy atom. The van der Waals surface area contributed by atoms with Crippen molar-refractivity contribution >= 4 is 11.9 Å². The molecule has 0 atom stereocenters. The molecule has 0 unspecified atom stereocenters. The third kappa shape index (κ3) is 5.18. The molecular weight excluding hydrogens is 472 g/mol. The lowest BCUT2D eigenvalue weighted by atomic mass is 10.0. The number of para-hydroxylation sites is 1. The van der Waals surface area contributed by atoms with Crippen LogP contribution in [0.25, 0.3) is 16.9 Å². The molecule has 1 aromatic heterocycles. The van der Waals surface area contributed by atoms with Crippen LogP contribution in [0.3, 0.4) is 0 Å². The van der Waals surface area contributed by atoms with Crippen molar-refractivity contribution in [3.63, 3.8) is 0 Å². The van der Waals surface area contributed by atoms with Crippen LogP contribution in [0.1, 0.15) is 37.5 Å². The monoisotopic (exact) mass is 500 g/mol. The van der Waals surface area contributed by atoms with Crippen molar-refractivity contribution in [2.24, 2.45) is 0 Å². The number of methoxy groups -OCH3 is 3. The number of aryl methyl sites for hydroxylation is 2. The van der Waals surface area contributed by atoms with Gasteiger partial charge in [0.05, 0.1) is 27.0 Å². The fraction of sp³-hybridized carbons (Fsp3) is 0.207. The zero-order valence-electron chi connectivity index (χ0n) is 21.4. The SMILES string of the molecule is COC(=O)c1c(-c2ccc(OC)c(COc3cc(C)ccc3C)c2)nn(-c2ccccc2)c1C(=O)OC. The topological polar surface area (TPSA) is 88.9 Å². The summed E-state index contributed by atoms with van der Waals surface area (Å²) in [5.41, 5.74) is 4.26. The van der Waals surface area contributed by atoms with Crippen LogP contribution in [0, 0.1) is 13.8 Å². The molecule has 0 aliphatic carbocycles. The van der Waals surface area contributed by atoms with Gasteiger partial charge in [-0.2, -0.15) is 5.10 Å². The molecule has 0 amide bonds. The molecule has 0 aliphatic rings. The molecule has 1 heterocycles. The van der Waals surface area contributed by atoms with Gasteiger partial charge < -0.3 is 18.9 Å². The van der Waals surface area contributed by atoms with Crippen molar-refractivity contribution in [1.82, 2.24) is 9.78 Å². The largest absolute Gasteiger partial charge is 0.496 e. The second-order valence-electron chi connectivity index (χ2n) is 8.39. The van der Waals surface area contributed by atoms with Crippen LogP contribution in [0.4, 0.5) is 0 Å². The van der Waals surface area contributed by atoms with Gasteiger partial charge >= 0.3 is 11.9 Å². The van der Waals surface area contributed by atoms with Crippen LogP contribution >= 0.6 is 0 Å². The van der Waals surface area contributed by atoms with Crippen molar-refractivity contribution < 1.29 is 28.5 Å². The highest BCUT2D eigenvalue weighted by molar-refractivity contribution is 6.06. The third-order valence-corrected chi connectivity index (χ3v) is 5.94. The van der Waals surface area contributed by atoms with E-state index in [2.05, 4.69) is 5.10 Å². The van der Waals surface area contributed by atoms with E-state index in [0.717, 1.165) is 22.4 Å². The summed E-state index contributed by atoms with van der Waals surface area (Å²) in [5, 5.41) is 4.66. The minimum atomic E-state index is -0.713. The fourth-order valence-electron chi connectivity index (χ4n) is 4.01. The molecule has 0 fully saturated rings. The molecule has 0 aliphatic heterocycles. The first-order valence-electron chi connectivity index (χ1n) is 11.6. The Hall–Kier alpha value is -4.59. The van der Waals surface area contributed by atoms with Crippen molar-refractivity contribution in [2.75, 3.05) is 21.3 Å². The van der Waals surface area contributed by atoms with E-state index in [1.54, 1.807) is 31.4 Å². The van der Waals surface area contributed by atoms with Crippen LogP contribution in [0.5, 0.6) is 11.5 Å². The zero-order chi connectivity index (χ0) is 26.5. The van der Waals surface area contributed by atoms with Gasteiger partial charge in [-0.3, -0.25) is 0 Å². The second-order valence-corrected chi connectivity index (χ2v) is 8.39. The molecule has 0 saturated carbocycles. The Morgan fingerprint density at radius 3 is 2.24 bits per heavy atom. The van der Waals surface area contributed by atoms with Gasteiger partial charge in [-0.25, -0.2) is 14.3 Å². The van der Waals surface area contributed by atoms with Gasteiger partial charge in [0, 0.05) is 11.1 Å². The van der Waals surface area contributed by atoms with E-state index in [4.69, 9.17) is 18.9 Å². The number of hydrogen-bond donors (Lipinski definition) is 0. The molecule has 0 spiro atoms. The molecule has 4 rings (SSSR count). The summed E-state index contributed by atoms with van der Waals surface area (Å²) in [5.74, 6) is -0.0371. The number of hydrogen-bond acceptors (Lipinski definition) is 7. The van der Waals surface area contributed by atoms with E-state index < -0.39 is 11.9 Å². The average molecular weight is 501 g/mol. The maximum Gasteiger partial charge on any atom is 0.357 e. The first kappa shape index (κ1) is 25.5. The number of carbonyl (C=O) groups is 2. The fourth-order valence-corrected chi connectivity index (χ4v) is 4.01. The summed E-state index contributed by atoms with van der Waals surface area (Å²) in [4.78, 5) is 25.8. The number of nitrogens with zero attached hydrogens (tertiary/aromatic N) is 2. The minimum absolute atomic E-state index is 0.00441. The molecule has 0 saturated heterocycles. The molecule has 0 radical (unpaired) electrons. The number of rotatable bonds is 8. The van der Waals surface area contributed by atoms with Crippen molar-refractivity contribution in [3.05, 3.63) is 94.7 Å². The lowest BCUT2D eigenvalue weighted by molar-refractivity contribution is 0.0549. The van der Waals surface area contributed by atoms with E-state index in [1.807, 2.05) is 56.3 Å². The number of carbonyl (C=O) groups excluding carboxylic acids is 2. The minimum Gasteiger partial charge on any atom is -0.496 e. The van der Waals surface area contributed by atoms with Crippen LogP contribution in [-0.4, -0.2) is 43.0 Å². The molecular formula is C29H28N2O6. The molecule has 0 N–H and O–H groups in total. The standard InChI is InChI=1S/C29H28N2O6/c1-18-11-12-19(2)24(15-18)37-17-21-16-20(13-14-23(21)34-3)26-25(28(32)35-4)27(29(33)36-5)31(30-26)22-9-7-6-8-10-22/h6-16H,17H2,1-5H3. The number of esters is 2. The lowest BCUT2D eigenvalue weighted by Crippen LogP contribution is -2.15. The van der Waals surface area contributed by atoms with E-state index in [0.29, 0.717) is 17.0 Å². The maximum absolute atomic E-state index is 12.9. The Bertz CT molecular complexity index is 1440. The summed E-state index contributed by atoms with van der Waals surface area (Å²) in [6.07, 6.45) is 0. The van der Waals surface area contributed by atoms with Crippen molar-refractivity contribution in [3.8, 4) is 28.4 Å². The number of ether oxygens (including phenoxy) is 4. The maximum atomic E-state index is 12.9. The summed E-state index contributed by atoms with van der Waals surface area (Å²) in [6.45, 7) is 4.21. The first-order chi connectivity index (χ1) is 17.9. The lowest BCUT2D eigenvalue weighted by Gasteiger charge is -2.14. The zero-order valence-corrected chi connectivity index (χ0v) is 21.4. The highest BCUT2D eigenvalue weighted by Crippen LogP contribution is 2.33. The molecule has 8 heteroatoms. The molecule has 190 valence electrons.